The molecule has 2 heterocycles. The van der Waals surface area contributed by atoms with Crippen molar-refractivity contribution in [3.8, 4) is 17.1 Å². The van der Waals surface area contributed by atoms with Crippen LogP contribution in [0, 0.1) is 5.92 Å². The van der Waals surface area contributed by atoms with Crippen molar-refractivity contribution in [3.63, 3.8) is 0 Å². The van der Waals surface area contributed by atoms with E-state index in [9.17, 15) is 9.59 Å². The van der Waals surface area contributed by atoms with Crippen molar-refractivity contribution in [2.75, 3.05) is 13.7 Å². The molecule has 6 nitrogen and oxygen atoms in total. The number of nitrogens with one attached hydrogen (secondary N) is 1. The fourth-order valence-electron chi connectivity index (χ4n) is 3.00. The number of hydrogen-bond donors (Lipinski definition) is 1. The SMILES string of the molecule is CC[C@@H](C)C(=O)N1CCc2c(nc(-c3ccc(OC)cc3)[nH]c2=O)C1. The van der Waals surface area contributed by atoms with Crippen LogP contribution in [0.5, 0.6) is 5.75 Å². The minimum Gasteiger partial charge on any atom is -0.497 e. The van der Waals surface area contributed by atoms with Gasteiger partial charge >= 0.3 is 0 Å². The number of hydrogen-bond acceptors (Lipinski definition) is 4. The summed E-state index contributed by atoms with van der Waals surface area (Å²) in [4.78, 5) is 34.2. The summed E-state index contributed by atoms with van der Waals surface area (Å²) in [5, 5.41) is 0. The molecule has 1 atom stereocenters. The Kier molecular flexibility index (Phi) is 4.88. The van der Waals surface area contributed by atoms with Crippen LogP contribution in [-0.4, -0.2) is 34.4 Å². The van der Waals surface area contributed by atoms with E-state index in [1.54, 1.807) is 12.0 Å². The van der Waals surface area contributed by atoms with Gasteiger partial charge in [-0.05, 0) is 37.1 Å². The summed E-state index contributed by atoms with van der Waals surface area (Å²) >= 11 is 0. The lowest BCUT2D eigenvalue weighted by atomic mass is 10.0. The average Bonchev–Trinajstić information content (AvgIpc) is 2.66. The van der Waals surface area contributed by atoms with E-state index in [-0.39, 0.29) is 17.4 Å². The maximum Gasteiger partial charge on any atom is 0.254 e. The van der Waals surface area contributed by atoms with Crippen LogP contribution in [0.4, 0.5) is 0 Å². The number of H-pyrrole nitrogens is 1. The number of fused-ring (bicyclic) bond motifs is 1. The molecule has 25 heavy (non-hydrogen) atoms. The maximum atomic E-state index is 12.4. The molecule has 0 saturated heterocycles. The van der Waals surface area contributed by atoms with Crippen LogP contribution in [0.1, 0.15) is 31.5 Å². The van der Waals surface area contributed by atoms with E-state index in [1.807, 2.05) is 38.1 Å². The quantitative estimate of drug-likeness (QED) is 0.926. The van der Waals surface area contributed by atoms with Crippen LogP contribution in [0.2, 0.25) is 0 Å². The monoisotopic (exact) mass is 341 g/mol. The van der Waals surface area contributed by atoms with Gasteiger partial charge in [0.05, 0.1) is 19.3 Å². The van der Waals surface area contributed by atoms with Crippen molar-refractivity contribution >= 4 is 5.91 Å². The van der Waals surface area contributed by atoms with Gasteiger partial charge in [-0.2, -0.15) is 0 Å². The van der Waals surface area contributed by atoms with Crippen molar-refractivity contribution in [3.05, 3.63) is 45.9 Å². The van der Waals surface area contributed by atoms with E-state index in [1.165, 1.54) is 0 Å². The summed E-state index contributed by atoms with van der Waals surface area (Å²) in [5.74, 6) is 1.38. The zero-order chi connectivity index (χ0) is 18.0. The second-order valence-electron chi connectivity index (χ2n) is 6.39. The Hall–Kier alpha value is -2.63. The third-order valence-corrected chi connectivity index (χ3v) is 4.78. The van der Waals surface area contributed by atoms with Gasteiger partial charge in [0.15, 0.2) is 0 Å². The molecule has 0 spiro atoms. The Morgan fingerprint density at radius 3 is 2.72 bits per heavy atom. The second kappa shape index (κ2) is 7.09. The fourth-order valence-corrected chi connectivity index (χ4v) is 3.00. The molecule has 1 aliphatic rings. The first-order valence-electron chi connectivity index (χ1n) is 8.58. The number of ether oxygens (including phenoxy) is 1. The van der Waals surface area contributed by atoms with E-state index in [0.29, 0.717) is 36.6 Å². The third-order valence-electron chi connectivity index (χ3n) is 4.78. The maximum absolute atomic E-state index is 12.4. The number of carbonyl (C=O) groups excluding carboxylic acids is 1. The number of amides is 1. The van der Waals surface area contributed by atoms with Gasteiger partial charge in [-0.1, -0.05) is 13.8 Å². The first-order valence-corrected chi connectivity index (χ1v) is 8.58. The van der Waals surface area contributed by atoms with E-state index < -0.39 is 0 Å². The molecule has 3 rings (SSSR count). The van der Waals surface area contributed by atoms with Crippen LogP contribution in [-0.2, 0) is 17.8 Å². The van der Waals surface area contributed by atoms with Crippen LogP contribution in [0.15, 0.2) is 29.1 Å². The molecular formula is C19H23N3O3. The lowest BCUT2D eigenvalue weighted by Gasteiger charge is -2.29. The molecule has 0 saturated carbocycles. The number of aromatic nitrogens is 2. The van der Waals surface area contributed by atoms with Crippen molar-refractivity contribution in [1.29, 1.82) is 0 Å². The van der Waals surface area contributed by atoms with Crippen LogP contribution in [0.25, 0.3) is 11.4 Å². The van der Waals surface area contributed by atoms with Gasteiger partial charge in [-0.15, -0.1) is 0 Å². The third kappa shape index (κ3) is 3.43. The van der Waals surface area contributed by atoms with Gasteiger partial charge < -0.3 is 14.6 Å². The highest BCUT2D eigenvalue weighted by atomic mass is 16.5. The number of carbonyl (C=O) groups is 1. The summed E-state index contributed by atoms with van der Waals surface area (Å²) in [7, 11) is 1.61. The van der Waals surface area contributed by atoms with E-state index in [0.717, 1.165) is 17.7 Å². The Morgan fingerprint density at radius 1 is 1.36 bits per heavy atom. The zero-order valence-corrected chi connectivity index (χ0v) is 14.8. The predicted octanol–water partition coefficient (Wildman–Crippen LogP) is 2.38. The summed E-state index contributed by atoms with van der Waals surface area (Å²) in [5.41, 5.74) is 2.07. The molecule has 6 heteroatoms. The van der Waals surface area contributed by atoms with Gasteiger partial charge in [0.2, 0.25) is 5.91 Å². The lowest BCUT2D eigenvalue weighted by Crippen LogP contribution is -2.41. The highest BCUT2D eigenvalue weighted by Crippen LogP contribution is 2.22. The largest absolute Gasteiger partial charge is 0.497 e. The molecule has 1 aromatic carbocycles. The van der Waals surface area contributed by atoms with Crippen molar-refractivity contribution in [2.24, 2.45) is 5.92 Å². The van der Waals surface area contributed by atoms with E-state index in [2.05, 4.69) is 9.97 Å². The summed E-state index contributed by atoms with van der Waals surface area (Å²) in [6.45, 7) is 4.91. The lowest BCUT2D eigenvalue weighted by molar-refractivity contribution is -0.136. The smallest absolute Gasteiger partial charge is 0.254 e. The van der Waals surface area contributed by atoms with Crippen LogP contribution < -0.4 is 10.3 Å². The Bertz CT molecular complexity index is 827. The van der Waals surface area contributed by atoms with Crippen molar-refractivity contribution in [1.82, 2.24) is 14.9 Å². The van der Waals surface area contributed by atoms with E-state index in [4.69, 9.17) is 4.74 Å². The molecule has 0 radical (unpaired) electrons. The van der Waals surface area contributed by atoms with E-state index >= 15 is 0 Å². The number of methoxy groups -OCH3 is 1. The second-order valence-corrected chi connectivity index (χ2v) is 6.39. The predicted molar refractivity (Wildman–Crippen MR) is 95.4 cm³/mol. The molecule has 1 amide bonds. The molecule has 0 unspecified atom stereocenters. The minimum absolute atomic E-state index is 0.00962. The zero-order valence-electron chi connectivity index (χ0n) is 14.8. The molecule has 2 aromatic rings. The number of benzene rings is 1. The summed E-state index contributed by atoms with van der Waals surface area (Å²) in [6.07, 6.45) is 1.35. The topological polar surface area (TPSA) is 75.3 Å². The normalized spacial score (nSPS) is 14.8. The van der Waals surface area contributed by atoms with Crippen molar-refractivity contribution < 1.29 is 9.53 Å². The summed E-state index contributed by atoms with van der Waals surface area (Å²) in [6, 6.07) is 7.36. The van der Waals surface area contributed by atoms with Gasteiger partial charge in [-0.25, -0.2) is 4.98 Å². The summed E-state index contributed by atoms with van der Waals surface area (Å²) < 4.78 is 5.16. The molecule has 0 bridgehead atoms. The molecule has 0 aliphatic carbocycles. The first-order chi connectivity index (χ1) is 12.0. The van der Waals surface area contributed by atoms with Crippen molar-refractivity contribution in [2.45, 2.75) is 33.2 Å². The molecule has 1 aromatic heterocycles. The molecule has 132 valence electrons. The van der Waals surface area contributed by atoms with Gasteiger partial charge in [0.25, 0.3) is 5.56 Å². The van der Waals surface area contributed by atoms with Crippen LogP contribution >= 0.6 is 0 Å². The molecule has 1 aliphatic heterocycles. The average molecular weight is 341 g/mol. The van der Waals surface area contributed by atoms with Gasteiger partial charge in [-0.3, -0.25) is 9.59 Å². The Morgan fingerprint density at radius 2 is 2.08 bits per heavy atom. The Balaban J connectivity index is 1.92. The van der Waals surface area contributed by atoms with Gasteiger partial charge in [0, 0.05) is 23.6 Å². The van der Waals surface area contributed by atoms with Gasteiger partial charge in [0.1, 0.15) is 11.6 Å². The number of rotatable bonds is 4. The standard InChI is InChI=1S/C19H23N3O3/c1-4-12(2)19(24)22-10-9-15-16(11-22)20-17(21-18(15)23)13-5-7-14(25-3)8-6-13/h5-8,12H,4,9-11H2,1-3H3,(H,20,21,23)/t12-/m1/s1. The molecular weight excluding hydrogens is 318 g/mol. The highest BCUT2D eigenvalue weighted by molar-refractivity contribution is 5.78. The highest BCUT2D eigenvalue weighted by Gasteiger charge is 2.26. The number of aromatic amines is 1. The molecule has 1 N–H and O–H groups in total. The minimum atomic E-state index is -0.119. The molecule has 0 fully saturated rings. The first kappa shape index (κ1) is 17.2. The fraction of sp³-hybridized carbons (Fsp3) is 0.421. The Labute approximate surface area is 146 Å². The van der Waals surface area contributed by atoms with Crippen LogP contribution in [0.3, 0.4) is 0 Å². The number of nitrogens with zero attached hydrogens (tertiary/aromatic N) is 2.